The van der Waals surface area contributed by atoms with Crippen molar-refractivity contribution in [1.82, 2.24) is 15.3 Å². The van der Waals surface area contributed by atoms with E-state index in [1.165, 1.54) is 22.9 Å². The lowest BCUT2D eigenvalue weighted by Gasteiger charge is -2.16. The first-order chi connectivity index (χ1) is 13.9. The summed E-state index contributed by atoms with van der Waals surface area (Å²) in [5.41, 5.74) is 4.71. The Labute approximate surface area is 175 Å². The Bertz CT molecular complexity index is 990. The van der Waals surface area contributed by atoms with E-state index in [0.717, 1.165) is 11.1 Å². The van der Waals surface area contributed by atoms with Crippen LogP contribution in [0, 0.1) is 20.8 Å². The molecule has 0 aliphatic rings. The maximum atomic E-state index is 12.4. The highest BCUT2D eigenvalue weighted by Gasteiger charge is 2.14. The minimum absolute atomic E-state index is 0.0623. The Morgan fingerprint density at radius 2 is 1.76 bits per heavy atom. The van der Waals surface area contributed by atoms with Crippen molar-refractivity contribution in [2.45, 2.75) is 38.8 Å². The quantitative estimate of drug-likeness (QED) is 0.548. The number of hydrogen-bond acceptors (Lipinski definition) is 5. The Morgan fingerprint density at radius 1 is 1.03 bits per heavy atom. The molecular weight excluding hydrogens is 382 g/mol. The topological polar surface area (TPSA) is 64.1 Å². The van der Waals surface area contributed by atoms with Crippen LogP contribution in [0.15, 0.2) is 59.9 Å². The largest absolute Gasteiger partial charge is 0.437 e. The second kappa shape index (κ2) is 9.56. The zero-order valence-electron chi connectivity index (χ0n) is 17.1. The van der Waals surface area contributed by atoms with Gasteiger partial charge in [-0.3, -0.25) is 4.79 Å². The Hall–Kier alpha value is -2.86. The molecule has 0 saturated carbocycles. The number of amides is 1. The first-order valence-corrected chi connectivity index (χ1v) is 10.5. The van der Waals surface area contributed by atoms with Crippen molar-refractivity contribution in [3.8, 4) is 11.6 Å². The molecule has 1 heterocycles. The Balaban J connectivity index is 1.60. The second-order valence-electron chi connectivity index (χ2n) is 7.00. The summed E-state index contributed by atoms with van der Waals surface area (Å²) in [7, 11) is 0. The number of nitrogens with one attached hydrogen (secondary N) is 1. The number of aryl methyl sites for hydroxylation is 3. The van der Waals surface area contributed by atoms with Gasteiger partial charge in [0, 0.05) is 12.4 Å². The van der Waals surface area contributed by atoms with E-state index in [2.05, 4.69) is 47.3 Å². The van der Waals surface area contributed by atoms with Crippen LogP contribution < -0.4 is 10.1 Å². The van der Waals surface area contributed by atoms with Gasteiger partial charge in [-0.1, -0.05) is 47.7 Å². The van der Waals surface area contributed by atoms with E-state index < -0.39 is 0 Å². The van der Waals surface area contributed by atoms with Crippen LogP contribution in [0.1, 0.15) is 35.2 Å². The number of hydrogen-bond donors (Lipinski definition) is 1. The lowest BCUT2D eigenvalue weighted by Crippen LogP contribution is -2.28. The van der Waals surface area contributed by atoms with Gasteiger partial charge in [0.2, 0.25) is 5.91 Å². The molecule has 150 valence electrons. The number of benzene rings is 2. The summed E-state index contributed by atoms with van der Waals surface area (Å²) in [5, 5.41) is 3.62. The van der Waals surface area contributed by atoms with E-state index >= 15 is 0 Å². The zero-order chi connectivity index (χ0) is 20.8. The fourth-order valence-electron chi connectivity index (χ4n) is 2.73. The third-order valence-electron chi connectivity index (χ3n) is 4.62. The first kappa shape index (κ1) is 20.9. The van der Waals surface area contributed by atoms with Gasteiger partial charge in [0.1, 0.15) is 5.75 Å². The number of ether oxygens (including phenoxy) is 1. The number of carbonyl (C=O) groups is 1. The summed E-state index contributed by atoms with van der Waals surface area (Å²) < 4.78 is 5.85. The molecule has 5 nitrogen and oxygen atoms in total. The average molecular weight is 408 g/mol. The van der Waals surface area contributed by atoms with Gasteiger partial charge >= 0.3 is 0 Å². The van der Waals surface area contributed by atoms with Gasteiger partial charge in [-0.05, 0) is 56.5 Å². The Kier molecular flexibility index (Phi) is 6.88. The van der Waals surface area contributed by atoms with Gasteiger partial charge < -0.3 is 10.1 Å². The van der Waals surface area contributed by atoms with E-state index in [1.54, 1.807) is 12.4 Å². The van der Waals surface area contributed by atoms with E-state index in [0.29, 0.717) is 16.7 Å². The molecule has 3 rings (SSSR count). The van der Waals surface area contributed by atoms with Gasteiger partial charge in [0.15, 0.2) is 5.03 Å². The summed E-state index contributed by atoms with van der Waals surface area (Å²) >= 11 is 1.31. The highest BCUT2D eigenvalue weighted by Crippen LogP contribution is 2.29. The molecule has 6 heteroatoms. The number of carbonyl (C=O) groups excluding carboxylic acids is 1. The minimum Gasteiger partial charge on any atom is -0.437 e. The van der Waals surface area contributed by atoms with Crippen molar-refractivity contribution in [2.24, 2.45) is 0 Å². The summed E-state index contributed by atoms with van der Waals surface area (Å²) in [6.07, 6.45) is 3.18. The fourth-order valence-corrected chi connectivity index (χ4v) is 3.44. The minimum atomic E-state index is -0.0625. The van der Waals surface area contributed by atoms with Crippen LogP contribution in [0.4, 0.5) is 0 Å². The van der Waals surface area contributed by atoms with Crippen LogP contribution in [0.5, 0.6) is 11.6 Å². The molecule has 0 spiro atoms. The van der Waals surface area contributed by atoms with Crippen LogP contribution >= 0.6 is 11.8 Å². The van der Waals surface area contributed by atoms with Crippen molar-refractivity contribution in [1.29, 1.82) is 0 Å². The molecule has 0 saturated heterocycles. The molecule has 1 N–H and O–H groups in total. The van der Waals surface area contributed by atoms with Crippen LogP contribution in [0.2, 0.25) is 0 Å². The second-order valence-corrected chi connectivity index (χ2v) is 7.97. The third-order valence-corrected chi connectivity index (χ3v) is 5.58. The molecule has 1 atom stereocenters. The molecule has 0 radical (unpaired) electrons. The summed E-state index contributed by atoms with van der Waals surface area (Å²) in [6.45, 7) is 8.16. The van der Waals surface area contributed by atoms with E-state index in [4.69, 9.17) is 4.74 Å². The van der Waals surface area contributed by atoms with Crippen molar-refractivity contribution < 1.29 is 9.53 Å². The molecule has 0 fully saturated rings. The van der Waals surface area contributed by atoms with Crippen LogP contribution in [0.3, 0.4) is 0 Å². The predicted octanol–water partition coefficient (Wildman–Crippen LogP) is 5.16. The smallest absolute Gasteiger partial charge is 0.252 e. The van der Waals surface area contributed by atoms with Crippen LogP contribution in [-0.2, 0) is 4.79 Å². The molecule has 0 unspecified atom stereocenters. The lowest BCUT2D eigenvalue weighted by atomic mass is 10.0. The van der Waals surface area contributed by atoms with Crippen LogP contribution in [0.25, 0.3) is 0 Å². The maximum absolute atomic E-state index is 12.4. The predicted molar refractivity (Wildman–Crippen MR) is 116 cm³/mol. The Morgan fingerprint density at radius 3 is 2.48 bits per heavy atom. The molecule has 1 aromatic heterocycles. The monoisotopic (exact) mass is 407 g/mol. The highest BCUT2D eigenvalue weighted by atomic mass is 32.2. The van der Waals surface area contributed by atoms with Crippen molar-refractivity contribution >= 4 is 17.7 Å². The molecule has 0 bridgehead atoms. The third kappa shape index (κ3) is 5.81. The summed E-state index contributed by atoms with van der Waals surface area (Å²) in [5.74, 6) is 1.26. The number of rotatable bonds is 7. The van der Waals surface area contributed by atoms with Crippen molar-refractivity contribution in [3.05, 3.63) is 77.1 Å². The maximum Gasteiger partial charge on any atom is 0.252 e. The molecule has 29 heavy (non-hydrogen) atoms. The summed E-state index contributed by atoms with van der Waals surface area (Å²) in [4.78, 5) is 21.0. The van der Waals surface area contributed by atoms with Gasteiger partial charge in [-0.2, -0.15) is 0 Å². The number of aromatic nitrogens is 2. The summed E-state index contributed by atoms with van der Waals surface area (Å²) in [6, 6.07) is 13.9. The zero-order valence-corrected chi connectivity index (χ0v) is 17.9. The number of thioether (sulfide) groups is 1. The average Bonchev–Trinajstić information content (AvgIpc) is 2.71. The van der Waals surface area contributed by atoms with E-state index in [1.807, 2.05) is 38.1 Å². The molecule has 0 aliphatic carbocycles. The first-order valence-electron chi connectivity index (χ1n) is 9.47. The molecule has 1 amide bonds. The van der Waals surface area contributed by atoms with Crippen molar-refractivity contribution in [2.75, 3.05) is 5.75 Å². The molecule has 0 aliphatic heterocycles. The van der Waals surface area contributed by atoms with Crippen LogP contribution in [-0.4, -0.2) is 21.6 Å². The number of nitrogens with zero attached hydrogens (tertiary/aromatic N) is 2. The normalized spacial score (nSPS) is 11.7. The van der Waals surface area contributed by atoms with E-state index in [-0.39, 0.29) is 17.7 Å². The molecular formula is C23H25N3O2S. The SMILES string of the molecule is Cc1ccc(Oc2nccnc2SCC(=O)N[C@@H](C)c2ccc(C)c(C)c2)cc1. The lowest BCUT2D eigenvalue weighted by molar-refractivity contribution is -0.119. The fraction of sp³-hybridized carbons (Fsp3) is 0.261. The standard InChI is InChI=1S/C23H25N3O2S/c1-15-5-9-20(10-6-15)28-22-23(25-12-11-24-22)29-14-21(27)26-18(4)19-8-7-16(2)17(3)13-19/h5-13,18H,14H2,1-4H3,(H,26,27)/t18-/m0/s1. The van der Waals surface area contributed by atoms with Gasteiger partial charge in [0.25, 0.3) is 5.88 Å². The molecule has 2 aromatic carbocycles. The van der Waals surface area contributed by atoms with Gasteiger partial charge in [0.05, 0.1) is 11.8 Å². The van der Waals surface area contributed by atoms with Gasteiger partial charge in [-0.25, -0.2) is 9.97 Å². The van der Waals surface area contributed by atoms with Gasteiger partial charge in [-0.15, -0.1) is 0 Å². The van der Waals surface area contributed by atoms with E-state index in [9.17, 15) is 4.79 Å². The highest BCUT2D eigenvalue weighted by molar-refractivity contribution is 8.00. The van der Waals surface area contributed by atoms with Crippen molar-refractivity contribution in [3.63, 3.8) is 0 Å². The molecule has 3 aromatic rings.